The van der Waals surface area contributed by atoms with Crippen LogP contribution in [0.1, 0.15) is 18.9 Å². The highest BCUT2D eigenvalue weighted by Gasteiger charge is 2.39. The summed E-state index contributed by atoms with van der Waals surface area (Å²) >= 11 is 0. The van der Waals surface area contributed by atoms with Crippen molar-refractivity contribution in [2.75, 3.05) is 43.4 Å². The summed E-state index contributed by atoms with van der Waals surface area (Å²) in [6.07, 6.45) is 1.03. The number of amides is 1. The van der Waals surface area contributed by atoms with Crippen LogP contribution in [0.3, 0.4) is 0 Å². The van der Waals surface area contributed by atoms with Gasteiger partial charge in [-0.1, -0.05) is 6.92 Å². The molecule has 1 saturated heterocycles. The van der Waals surface area contributed by atoms with E-state index in [1.54, 1.807) is 0 Å². The standard InChI is InChI=1S/C17H25N3O/c1-12-11-15(12)17(21)18-16-5-4-14(10-13(16)2)20-8-6-19(3)7-9-20/h4-5,10,12,15H,6-9,11H2,1-3H3,(H,18,21). The van der Waals surface area contributed by atoms with Crippen LogP contribution in [0.25, 0.3) is 0 Å². The van der Waals surface area contributed by atoms with Crippen LogP contribution in [0.4, 0.5) is 11.4 Å². The lowest BCUT2D eigenvalue weighted by molar-refractivity contribution is -0.117. The first-order chi connectivity index (χ1) is 10.0. The highest BCUT2D eigenvalue weighted by atomic mass is 16.2. The number of hydrogen-bond donors (Lipinski definition) is 1. The minimum Gasteiger partial charge on any atom is -0.369 e. The molecule has 1 saturated carbocycles. The molecule has 1 heterocycles. The van der Waals surface area contributed by atoms with Crippen LogP contribution in [0.15, 0.2) is 18.2 Å². The van der Waals surface area contributed by atoms with Gasteiger partial charge in [0.2, 0.25) is 5.91 Å². The van der Waals surface area contributed by atoms with Crippen LogP contribution >= 0.6 is 0 Å². The van der Waals surface area contributed by atoms with E-state index in [0.29, 0.717) is 5.92 Å². The minimum atomic E-state index is 0.179. The number of carbonyl (C=O) groups is 1. The Morgan fingerprint density at radius 2 is 1.90 bits per heavy atom. The van der Waals surface area contributed by atoms with Crippen molar-refractivity contribution in [1.82, 2.24) is 4.90 Å². The van der Waals surface area contributed by atoms with Gasteiger partial charge in [0, 0.05) is 43.5 Å². The van der Waals surface area contributed by atoms with E-state index in [9.17, 15) is 4.79 Å². The van der Waals surface area contributed by atoms with Gasteiger partial charge in [-0.05, 0) is 50.1 Å². The van der Waals surface area contributed by atoms with E-state index in [1.165, 1.54) is 5.69 Å². The van der Waals surface area contributed by atoms with Crippen LogP contribution in [0.2, 0.25) is 0 Å². The lowest BCUT2D eigenvalue weighted by Crippen LogP contribution is -2.44. The summed E-state index contributed by atoms with van der Waals surface area (Å²) in [5.74, 6) is 0.953. The molecule has 3 rings (SSSR count). The predicted octanol–water partition coefficient (Wildman–Crippen LogP) is 2.34. The number of rotatable bonds is 3. The molecule has 1 aliphatic heterocycles. The van der Waals surface area contributed by atoms with Crippen molar-refractivity contribution in [1.29, 1.82) is 0 Å². The average molecular weight is 287 g/mol. The Morgan fingerprint density at radius 3 is 2.48 bits per heavy atom. The Balaban J connectivity index is 1.66. The third-order valence-electron chi connectivity index (χ3n) is 4.78. The second-order valence-corrected chi connectivity index (χ2v) is 6.60. The van der Waals surface area contributed by atoms with Crippen LogP contribution in [0, 0.1) is 18.8 Å². The van der Waals surface area contributed by atoms with E-state index in [1.807, 2.05) is 6.07 Å². The monoisotopic (exact) mass is 287 g/mol. The molecule has 0 bridgehead atoms. The molecule has 2 fully saturated rings. The van der Waals surface area contributed by atoms with E-state index < -0.39 is 0 Å². The van der Waals surface area contributed by atoms with Crippen molar-refractivity contribution in [2.24, 2.45) is 11.8 Å². The summed E-state index contributed by atoms with van der Waals surface area (Å²) in [5.41, 5.74) is 3.36. The minimum absolute atomic E-state index is 0.179. The zero-order chi connectivity index (χ0) is 15.0. The van der Waals surface area contributed by atoms with E-state index in [0.717, 1.165) is 43.9 Å². The van der Waals surface area contributed by atoms with Gasteiger partial charge in [-0.25, -0.2) is 0 Å². The van der Waals surface area contributed by atoms with Crippen LogP contribution in [-0.2, 0) is 4.79 Å². The van der Waals surface area contributed by atoms with Gasteiger partial charge in [-0.15, -0.1) is 0 Å². The smallest absolute Gasteiger partial charge is 0.227 e. The fourth-order valence-corrected chi connectivity index (χ4v) is 2.96. The zero-order valence-electron chi connectivity index (χ0n) is 13.2. The van der Waals surface area contributed by atoms with E-state index in [2.05, 4.69) is 48.1 Å². The number of carbonyl (C=O) groups excluding carboxylic acids is 1. The molecule has 1 N–H and O–H groups in total. The molecule has 1 aliphatic carbocycles. The maximum absolute atomic E-state index is 12.0. The number of likely N-dealkylation sites (N-methyl/N-ethyl adjacent to an activating group) is 1. The number of nitrogens with zero attached hydrogens (tertiary/aromatic N) is 2. The molecule has 1 amide bonds. The molecule has 0 radical (unpaired) electrons. The SMILES string of the molecule is Cc1cc(N2CCN(C)CC2)ccc1NC(=O)C1CC1C. The second-order valence-electron chi connectivity index (χ2n) is 6.60. The molecule has 2 aliphatic rings. The van der Waals surface area contributed by atoms with Crippen molar-refractivity contribution in [3.63, 3.8) is 0 Å². The summed E-state index contributed by atoms with van der Waals surface area (Å²) in [4.78, 5) is 16.8. The van der Waals surface area contributed by atoms with Gasteiger partial charge in [-0.3, -0.25) is 4.79 Å². The Hall–Kier alpha value is -1.55. The normalized spacial score (nSPS) is 25.8. The molecule has 0 aromatic heterocycles. The van der Waals surface area contributed by atoms with Crippen LogP contribution in [-0.4, -0.2) is 44.0 Å². The topological polar surface area (TPSA) is 35.6 Å². The number of benzene rings is 1. The van der Waals surface area contributed by atoms with Gasteiger partial charge < -0.3 is 15.1 Å². The first-order valence-corrected chi connectivity index (χ1v) is 7.89. The average Bonchev–Trinajstić information content (AvgIpc) is 3.19. The van der Waals surface area contributed by atoms with Crippen LogP contribution in [0.5, 0.6) is 0 Å². The lowest BCUT2D eigenvalue weighted by Gasteiger charge is -2.34. The summed E-state index contributed by atoms with van der Waals surface area (Å²) in [5, 5.41) is 3.07. The molecule has 0 spiro atoms. The highest BCUT2D eigenvalue weighted by Crippen LogP contribution is 2.38. The number of anilines is 2. The summed E-state index contributed by atoms with van der Waals surface area (Å²) in [6.45, 7) is 8.57. The third kappa shape index (κ3) is 3.21. The largest absolute Gasteiger partial charge is 0.369 e. The molecule has 1 aromatic carbocycles. The fraction of sp³-hybridized carbons (Fsp3) is 0.588. The molecular formula is C17H25N3O. The van der Waals surface area contributed by atoms with E-state index >= 15 is 0 Å². The number of hydrogen-bond acceptors (Lipinski definition) is 3. The summed E-state index contributed by atoms with van der Waals surface area (Å²) in [7, 11) is 2.17. The van der Waals surface area contributed by atoms with Crippen molar-refractivity contribution < 1.29 is 4.79 Å². The van der Waals surface area contributed by atoms with Gasteiger partial charge in [0.05, 0.1) is 0 Å². The van der Waals surface area contributed by atoms with Gasteiger partial charge in [0.25, 0.3) is 0 Å². The molecule has 4 nitrogen and oxygen atoms in total. The second kappa shape index (κ2) is 5.68. The fourth-order valence-electron chi connectivity index (χ4n) is 2.96. The molecule has 2 atom stereocenters. The number of nitrogens with one attached hydrogen (secondary N) is 1. The Morgan fingerprint density at radius 1 is 1.24 bits per heavy atom. The molecular weight excluding hydrogens is 262 g/mol. The van der Waals surface area contributed by atoms with Gasteiger partial charge in [0.1, 0.15) is 0 Å². The number of aryl methyl sites for hydroxylation is 1. The molecule has 2 unspecified atom stereocenters. The Bertz CT molecular complexity index is 535. The van der Waals surface area contributed by atoms with Crippen molar-refractivity contribution in [3.8, 4) is 0 Å². The predicted molar refractivity (Wildman–Crippen MR) is 86.8 cm³/mol. The molecule has 1 aromatic rings. The summed E-state index contributed by atoms with van der Waals surface area (Å²) < 4.78 is 0. The summed E-state index contributed by atoms with van der Waals surface area (Å²) in [6, 6.07) is 6.37. The first kappa shape index (κ1) is 14.4. The Kier molecular flexibility index (Phi) is 3.89. The molecule has 114 valence electrons. The first-order valence-electron chi connectivity index (χ1n) is 7.89. The highest BCUT2D eigenvalue weighted by molar-refractivity contribution is 5.95. The van der Waals surface area contributed by atoms with Crippen LogP contribution < -0.4 is 10.2 Å². The van der Waals surface area contributed by atoms with E-state index in [-0.39, 0.29) is 11.8 Å². The van der Waals surface area contributed by atoms with Gasteiger partial charge in [-0.2, -0.15) is 0 Å². The zero-order valence-corrected chi connectivity index (χ0v) is 13.2. The Labute approximate surface area is 127 Å². The lowest BCUT2D eigenvalue weighted by atomic mass is 10.1. The maximum atomic E-state index is 12.0. The number of piperazine rings is 1. The quantitative estimate of drug-likeness (QED) is 0.927. The molecule has 4 heteroatoms. The molecule has 21 heavy (non-hydrogen) atoms. The van der Waals surface area contributed by atoms with Gasteiger partial charge in [0.15, 0.2) is 0 Å². The van der Waals surface area contributed by atoms with Crippen molar-refractivity contribution in [3.05, 3.63) is 23.8 Å². The van der Waals surface area contributed by atoms with Crippen molar-refractivity contribution >= 4 is 17.3 Å². The van der Waals surface area contributed by atoms with Gasteiger partial charge >= 0.3 is 0 Å². The maximum Gasteiger partial charge on any atom is 0.227 e. The third-order valence-corrected chi connectivity index (χ3v) is 4.78. The van der Waals surface area contributed by atoms with Crippen molar-refractivity contribution in [2.45, 2.75) is 20.3 Å². The van der Waals surface area contributed by atoms with E-state index in [4.69, 9.17) is 0 Å².